The van der Waals surface area contributed by atoms with Gasteiger partial charge in [-0.2, -0.15) is 0 Å². The minimum atomic E-state index is -0.00871. The number of benzene rings is 1. The van der Waals surface area contributed by atoms with E-state index in [1.54, 1.807) is 0 Å². The zero-order chi connectivity index (χ0) is 16.5. The smallest absolute Gasteiger partial charge is 0.240 e. The molecule has 1 amide bonds. The van der Waals surface area contributed by atoms with E-state index < -0.39 is 0 Å². The van der Waals surface area contributed by atoms with Crippen LogP contribution in [0.2, 0.25) is 0 Å². The summed E-state index contributed by atoms with van der Waals surface area (Å²) in [6, 6.07) is 8.96. The van der Waals surface area contributed by atoms with Gasteiger partial charge in [-0.05, 0) is 29.2 Å². The van der Waals surface area contributed by atoms with Crippen LogP contribution in [0.25, 0.3) is 0 Å². The van der Waals surface area contributed by atoms with E-state index in [-0.39, 0.29) is 5.25 Å². The lowest BCUT2D eigenvalue weighted by Gasteiger charge is -2.34. The quantitative estimate of drug-likeness (QED) is 0.822. The summed E-state index contributed by atoms with van der Waals surface area (Å²) in [5.74, 6) is 1.90. The molecule has 0 aliphatic carbocycles. The molecule has 3 aliphatic rings. The van der Waals surface area contributed by atoms with E-state index in [4.69, 9.17) is 4.74 Å². The van der Waals surface area contributed by atoms with Crippen molar-refractivity contribution in [3.8, 4) is 0 Å². The van der Waals surface area contributed by atoms with Gasteiger partial charge >= 0.3 is 0 Å². The third-order valence-electron chi connectivity index (χ3n) is 5.62. The number of ether oxygens (including phenoxy) is 1. The maximum atomic E-state index is 13.2. The maximum absolute atomic E-state index is 13.2. The molecule has 2 fully saturated rings. The first-order valence-corrected chi connectivity index (χ1v) is 10.1. The molecule has 4 rings (SSSR count). The molecule has 3 atom stereocenters. The first-order valence-electron chi connectivity index (χ1n) is 9.04. The number of morpholine rings is 1. The number of amides is 1. The Kier molecular flexibility index (Phi) is 4.83. The van der Waals surface area contributed by atoms with Crippen LogP contribution in [0.15, 0.2) is 24.3 Å². The van der Waals surface area contributed by atoms with Gasteiger partial charge in [-0.3, -0.25) is 9.69 Å². The van der Waals surface area contributed by atoms with Gasteiger partial charge in [0.2, 0.25) is 5.91 Å². The van der Waals surface area contributed by atoms with Crippen LogP contribution in [0.4, 0.5) is 0 Å². The lowest BCUT2D eigenvalue weighted by molar-refractivity contribution is -0.130. The van der Waals surface area contributed by atoms with Crippen molar-refractivity contribution in [2.24, 2.45) is 5.92 Å². The Bertz CT molecular complexity index is 603. The Morgan fingerprint density at radius 2 is 2.00 bits per heavy atom. The van der Waals surface area contributed by atoms with E-state index in [0.717, 1.165) is 51.6 Å². The summed E-state index contributed by atoms with van der Waals surface area (Å²) in [6.45, 7) is 7.69. The first-order chi connectivity index (χ1) is 11.7. The number of hydrogen-bond acceptors (Lipinski definition) is 4. The summed E-state index contributed by atoms with van der Waals surface area (Å²) in [7, 11) is 0. The van der Waals surface area contributed by atoms with E-state index in [0.29, 0.717) is 17.9 Å². The van der Waals surface area contributed by atoms with Crippen molar-refractivity contribution in [2.45, 2.75) is 24.6 Å². The molecule has 0 aromatic heterocycles. The minimum Gasteiger partial charge on any atom is -0.379 e. The van der Waals surface area contributed by atoms with Crippen molar-refractivity contribution in [3.63, 3.8) is 0 Å². The van der Waals surface area contributed by atoms with Crippen LogP contribution >= 0.6 is 11.8 Å². The van der Waals surface area contributed by atoms with Gasteiger partial charge in [0.25, 0.3) is 0 Å². The Hall–Kier alpha value is -1.04. The molecule has 0 bridgehead atoms. The van der Waals surface area contributed by atoms with E-state index in [9.17, 15) is 4.79 Å². The van der Waals surface area contributed by atoms with Crippen molar-refractivity contribution in [3.05, 3.63) is 35.4 Å². The molecule has 2 saturated heterocycles. The van der Waals surface area contributed by atoms with Crippen LogP contribution in [0.5, 0.6) is 0 Å². The minimum absolute atomic E-state index is 0.00871. The monoisotopic (exact) mass is 346 g/mol. The van der Waals surface area contributed by atoms with Gasteiger partial charge in [0.15, 0.2) is 0 Å². The number of carbonyl (C=O) groups excluding carboxylic acids is 1. The summed E-state index contributed by atoms with van der Waals surface area (Å²) < 4.78 is 5.48. The molecule has 0 unspecified atom stereocenters. The molecule has 0 saturated carbocycles. The molecule has 0 spiro atoms. The molecule has 3 heterocycles. The first kappa shape index (κ1) is 16.4. The Labute approximate surface area is 148 Å². The van der Waals surface area contributed by atoms with Crippen molar-refractivity contribution in [2.75, 3.05) is 45.1 Å². The molecular weight excluding hydrogens is 320 g/mol. The largest absolute Gasteiger partial charge is 0.379 e. The number of likely N-dealkylation sites (tertiary alicyclic amines) is 1. The number of hydrogen-bond donors (Lipinski definition) is 0. The SMILES string of the molecule is C[C@@H]1CN(C(=O)[C@@H]2SCCc3ccccc32)C[C@@H]1N1CCOCC1. The second-order valence-corrected chi connectivity index (χ2v) is 8.35. The number of thioether (sulfide) groups is 1. The van der Waals surface area contributed by atoms with E-state index >= 15 is 0 Å². The summed E-state index contributed by atoms with van der Waals surface area (Å²) in [6.07, 6.45) is 1.08. The van der Waals surface area contributed by atoms with Crippen LogP contribution in [-0.2, 0) is 16.0 Å². The number of aryl methyl sites for hydroxylation is 1. The predicted molar refractivity (Wildman–Crippen MR) is 97.3 cm³/mol. The van der Waals surface area contributed by atoms with Gasteiger partial charge in [-0.1, -0.05) is 31.2 Å². The van der Waals surface area contributed by atoms with E-state index in [1.165, 1.54) is 11.1 Å². The van der Waals surface area contributed by atoms with Crippen molar-refractivity contribution in [1.29, 1.82) is 0 Å². The Morgan fingerprint density at radius 3 is 2.83 bits per heavy atom. The molecule has 24 heavy (non-hydrogen) atoms. The summed E-state index contributed by atoms with van der Waals surface area (Å²) >= 11 is 1.81. The third-order valence-corrected chi connectivity index (χ3v) is 6.85. The topological polar surface area (TPSA) is 32.8 Å². The second kappa shape index (κ2) is 7.06. The van der Waals surface area contributed by atoms with Crippen molar-refractivity contribution < 1.29 is 9.53 Å². The zero-order valence-corrected chi connectivity index (χ0v) is 15.1. The van der Waals surface area contributed by atoms with Gasteiger partial charge in [-0.15, -0.1) is 11.8 Å². The molecular formula is C19H26N2O2S. The van der Waals surface area contributed by atoms with Gasteiger partial charge in [-0.25, -0.2) is 0 Å². The molecule has 0 N–H and O–H groups in total. The van der Waals surface area contributed by atoms with Gasteiger partial charge in [0.05, 0.1) is 13.2 Å². The molecule has 0 radical (unpaired) electrons. The van der Waals surface area contributed by atoms with Crippen molar-refractivity contribution >= 4 is 17.7 Å². The molecule has 4 nitrogen and oxygen atoms in total. The maximum Gasteiger partial charge on any atom is 0.240 e. The molecule has 3 aliphatic heterocycles. The highest BCUT2D eigenvalue weighted by molar-refractivity contribution is 8.00. The van der Waals surface area contributed by atoms with Gasteiger partial charge in [0.1, 0.15) is 5.25 Å². The number of rotatable bonds is 2. The van der Waals surface area contributed by atoms with Crippen LogP contribution in [0.1, 0.15) is 23.3 Å². The Balaban J connectivity index is 1.48. The highest BCUT2D eigenvalue weighted by Crippen LogP contribution is 2.39. The molecule has 1 aromatic carbocycles. The standard InChI is InChI=1S/C19H26N2O2S/c1-14-12-21(13-17(14)20-7-9-23-10-8-20)19(22)18-16-5-3-2-4-15(16)6-11-24-18/h2-5,14,17-18H,6-13H2,1H3/t14-,17+,18-/m1/s1. The van der Waals surface area contributed by atoms with E-state index in [1.807, 2.05) is 11.8 Å². The highest BCUT2D eigenvalue weighted by atomic mass is 32.2. The number of carbonyl (C=O) groups is 1. The van der Waals surface area contributed by atoms with Gasteiger partial charge in [0, 0.05) is 32.2 Å². The van der Waals surface area contributed by atoms with Crippen LogP contribution in [0, 0.1) is 5.92 Å². The average Bonchev–Trinajstić information content (AvgIpc) is 3.03. The molecule has 130 valence electrons. The number of fused-ring (bicyclic) bond motifs is 1. The summed E-state index contributed by atoms with van der Waals surface area (Å²) in [5.41, 5.74) is 2.59. The van der Waals surface area contributed by atoms with Crippen LogP contribution in [0.3, 0.4) is 0 Å². The third kappa shape index (κ3) is 3.09. The second-order valence-electron chi connectivity index (χ2n) is 7.14. The Morgan fingerprint density at radius 1 is 1.21 bits per heavy atom. The highest BCUT2D eigenvalue weighted by Gasteiger charge is 2.39. The fourth-order valence-corrected chi connectivity index (χ4v) is 5.55. The summed E-state index contributed by atoms with van der Waals surface area (Å²) in [5, 5.41) is -0.00871. The summed E-state index contributed by atoms with van der Waals surface area (Å²) in [4.78, 5) is 17.8. The lowest BCUT2D eigenvalue weighted by atomic mass is 10.0. The molecule has 1 aromatic rings. The van der Waals surface area contributed by atoms with Gasteiger partial charge < -0.3 is 9.64 Å². The fourth-order valence-electron chi connectivity index (χ4n) is 4.28. The average molecular weight is 346 g/mol. The van der Waals surface area contributed by atoms with Crippen LogP contribution in [-0.4, -0.2) is 66.9 Å². The van der Waals surface area contributed by atoms with E-state index in [2.05, 4.69) is 41.0 Å². The zero-order valence-electron chi connectivity index (χ0n) is 14.3. The predicted octanol–water partition coefficient (Wildman–Crippen LogP) is 2.20. The normalized spacial score (nSPS) is 31.0. The van der Waals surface area contributed by atoms with Crippen molar-refractivity contribution in [1.82, 2.24) is 9.80 Å². The number of nitrogens with zero attached hydrogens (tertiary/aromatic N) is 2. The van der Waals surface area contributed by atoms with Crippen LogP contribution < -0.4 is 0 Å². The molecule has 5 heteroatoms. The fraction of sp³-hybridized carbons (Fsp3) is 0.632. The lowest BCUT2D eigenvalue weighted by Crippen LogP contribution is -2.47.